The fraction of sp³-hybridized carbons (Fsp3) is 0.190. The highest BCUT2D eigenvalue weighted by atomic mass is 35.5. The molecule has 0 aliphatic rings. The maximum absolute atomic E-state index is 12.1. The number of nitrogens with zero attached hydrogens (tertiary/aromatic N) is 2. The summed E-state index contributed by atoms with van der Waals surface area (Å²) in [6, 6.07) is 11.1. The van der Waals surface area contributed by atoms with Gasteiger partial charge in [0.15, 0.2) is 6.61 Å². The number of thiazole rings is 1. The van der Waals surface area contributed by atoms with Gasteiger partial charge in [-0.25, -0.2) is 4.98 Å². The first-order valence-electron chi connectivity index (χ1n) is 9.43. The van der Waals surface area contributed by atoms with Gasteiger partial charge in [-0.05, 0) is 25.1 Å². The van der Waals surface area contributed by atoms with Gasteiger partial charge < -0.3 is 14.8 Å². The lowest BCUT2D eigenvalue weighted by Crippen LogP contribution is -2.22. The van der Waals surface area contributed by atoms with Crippen molar-refractivity contribution in [1.29, 1.82) is 0 Å². The Labute approximate surface area is 192 Å². The average molecular weight is 476 g/mol. The zero-order valence-corrected chi connectivity index (χ0v) is 18.4. The molecule has 0 bridgehead atoms. The van der Waals surface area contributed by atoms with Crippen molar-refractivity contribution in [3.63, 3.8) is 0 Å². The Kier molecular flexibility index (Phi) is 7.74. The molecular weight excluding hydrogens is 458 g/mol. The number of non-ortho nitro benzene ring substituents is 1. The molecule has 1 N–H and O–H groups in total. The lowest BCUT2D eigenvalue weighted by atomic mass is 10.2. The standard InChI is InChI=1S/C21H18ClN3O6S/c1-2-30-18-6-4-3-5-15(18)21-23-13(12-32-21)9-20(27)31-11-19(26)24-17-10-14(25(28)29)7-8-16(17)22/h3-8,10,12H,2,9,11H2,1H3,(H,24,26). The number of carbonyl (C=O) groups excluding carboxylic acids is 2. The molecule has 0 spiro atoms. The molecule has 2 aromatic carbocycles. The number of aromatic nitrogens is 1. The van der Waals surface area contributed by atoms with Gasteiger partial charge in [-0.1, -0.05) is 23.7 Å². The van der Waals surface area contributed by atoms with E-state index in [1.807, 2.05) is 31.2 Å². The first-order chi connectivity index (χ1) is 15.4. The van der Waals surface area contributed by atoms with Crippen LogP contribution in [-0.2, 0) is 20.7 Å². The maximum Gasteiger partial charge on any atom is 0.312 e. The molecule has 0 fully saturated rings. The number of nitrogens with one attached hydrogen (secondary N) is 1. The molecule has 0 radical (unpaired) electrons. The van der Waals surface area contributed by atoms with Crippen LogP contribution in [0.5, 0.6) is 5.75 Å². The Morgan fingerprint density at radius 3 is 2.78 bits per heavy atom. The van der Waals surface area contributed by atoms with Crippen LogP contribution in [-0.4, -0.2) is 35.0 Å². The predicted molar refractivity (Wildman–Crippen MR) is 120 cm³/mol. The van der Waals surface area contributed by atoms with Gasteiger partial charge in [-0.15, -0.1) is 11.3 Å². The molecule has 0 saturated carbocycles. The van der Waals surface area contributed by atoms with Crippen LogP contribution < -0.4 is 10.1 Å². The first kappa shape index (κ1) is 23.2. The Balaban J connectivity index is 1.55. The smallest absolute Gasteiger partial charge is 0.312 e. The average Bonchev–Trinajstić information content (AvgIpc) is 3.22. The van der Waals surface area contributed by atoms with Gasteiger partial charge in [0.2, 0.25) is 0 Å². The zero-order valence-electron chi connectivity index (χ0n) is 16.9. The fourth-order valence-corrected chi connectivity index (χ4v) is 3.70. The number of amides is 1. The van der Waals surface area contributed by atoms with E-state index in [0.717, 1.165) is 11.6 Å². The number of hydrogen-bond donors (Lipinski definition) is 1. The van der Waals surface area contributed by atoms with Crippen LogP contribution in [0.2, 0.25) is 5.02 Å². The largest absolute Gasteiger partial charge is 0.493 e. The SMILES string of the molecule is CCOc1ccccc1-c1nc(CC(=O)OCC(=O)Nc2cc([N+](=O)[O-])ccc2Cl)cs1. The summed E-state index contributed by atoms with van der Waals surface area (Å²) in [5.41, 5.74) is 1.15. The molecule has 0 saturated heterocycles. The van der Waals surface area contributed by atoms with Crippen LogP contribution in [0.25, 0.3) is 10.6 Å². The number of esters is 1. The quantitative estimate of drug-likeness (QED) is 0.275. The zero-order chi connectivity index (χ0) is 23.1. The Morgan fingerprint density at radius 2 is 2.03 bits per heavy atom. The van der Waals surface area contributed by atoms with Crippen molar-refractivity contribution in [2.75, 3.05) is 18.5 Å². The van der Waals surface area contributed by atoms with Crippen LogP contribution in [0.3, 0.4) is 0 Å². The van der Waals surface area contributed by atoms with E-state index < -0.39 is 23.4 Å². The highest BCUT2D eigenvalue weighted by Crippen LogP contribution is 2.32. The van der Waals surface area contributed by atoms with Crippen molar-refractivity contribution >= 4 is 46.2 Å². The van der Waals surface area contributed by atoms with E-state index in [1.54, 1.807) is 5.38 Å². The van der Waals surface area contributed by atoms with Gasteiger partial charge in [0.1, 0.15) is 10.8 Å². The predicted octanol–water partition coefficient (Wildman–Crippen LogP) is 4.49. The van der Waals surface area contributed by atoms with E-state index in [2.05, 4.69) is 10.3 Å². The molecule has 166 valence electrons. The van der Waals surface area contributed by atoms with E-state index in [1.165, 1.54) is 23.5 Å². The minimum Gasteiger partial charge on any atom is -0.493 e. The summed E-state index contributed by atoms with van der Waals surface area (Å²) >= 11 is 7.31. The molecule has 0 aliphatic carbocycles. The molecule has 0 aliphatic heterocycles. The van der Waals surface area contributed by atoms with Gasteiger partial charge in [-0.2, -0.15) is 0 Å². The Bertz CT molecular complexity index is 1150. The number of anilines is 1. The summed E-state index contributed by atoms with van der Waals surface area (Å²) in [5, 5.41) is 15.8. The van der Waals surface area contributed by atoms with Crippen molar-refractivity contribution in [1.82, 2.24) is 4.98 Å². The highest BCUT2D eigenvalue weighted by Gasteiger charge is 2.16. The summed E-state index contributed by atoms with van der Waals surface area (Å²) in [6.45, 7) is 1.84. The minimum atomic E-state index is -0.676. The van der Waals surface area contributed by atoms with Crippen molar-refractivity contribution in [3.05, 3.63) is 68.7 Å². The van der Waals surface area contributed by atoms with E-state index in [9.17, 15) is 19.7 Å². The molecule has 32 heavy (non-hydrogen) atoms. The summed E-state index contributed by atoms with van der Waals surface area (Å²) in [5.74, 6) is -0.611. The van der Waals surface area contributed by atoms with Gasteiger partial charge in [0.05, 0.1) is 39.9 Å². The van der Waals surface area contributed by atoms with Gasteiger partial charge in [0.25, 0.3) is 11.6 Å². The van der Waals surface area contributed by atoms with Crippen molar-refractivity contribution in [2.24, 2.45) is 0 Å². The molecule has 9 nitrogen and oxygen atoms in total. The summed E-state index contributed by atoms with van der Waals surface area (Å²) in [4.78, 5) is 38.9. The molecule has 11 heteroatoms. The Morgan fingerprint density at radius 1 is 1.25 bits per heavy atom. The number of benzene rings is 2. The monoisotopic (exact) mass is 475 g/mol. The second-order valence-electron chi connectivity index (χ2n) is 6.38. The number of rotatable bonds is 9. The van der Waals surface area contributed by atoms with E-state index >= 15 is 0 Å². The molecule has 1 aromatic heterocycles. The van der Waals surface area contributed by atoms with Crippen molar-refractivity contribution in [2.45, 2.75) is 13.3 Å². The fourth-order valence-electron chi connectivity index (χ4n) is 2.69. The molecule has 3 aromatic rings. The van der Waals surface area contributed by atoms with Crippen LogP contribution in [0.4, 0.5) is 11.4 Å². The van der Waals surface area contributed by atoms with Crippen LogP contribution >= 0.6 is 22.9 Å². The second-order valence-corrected chi connectivity index (χ2v) is 7.65. The summed E-state index contributed by atoms with van der Waals surface area (Å²) in [7, 11) is 0. The third-order valence-electron chi connectivity index (χ3n) is 4.09. The Hall–Kier alpha value is -3.50. The lowest BCUT2D eigenvalue weighted by molar-refractivity contribution is -0.384. The van der Waals surface area contributed by atoms with E-state index in [0.29, 0.717) is 23.1 Å². The van der Waals surface area contributed by atoms with Crippen molar-refractivity contribution in [3.8, 4) is 16.3 Å². The van der Waals surface area contributed by atoms with Gasteiger partial charge in [0, 0.05) is 17.5 Å². The van der Waals surface area contributed by atoms with Crippen LogP contribution in [0, 0.1) is 10.1 Å². The molecule has 0 atom stereocenters. The third-order valence-corrected chi connectivity index (χ3v) is 5.35. The van der Waals surface area contributed by atoms with E-state index in [4.69, 9.17) is 21.1 Å². The molecular formula is C21H18ClN3O6S. The van der Waals surface area contributed by atoms with Crippen LogP contribution in [0.1, 0.15) is 12.6 Å². The third kappa shape index (κ3) is 6.02. The lowest BCUT2D eigenvalue weighted by Gasteiger charge is -2.08. The number of carbonyl (C=O) groups is 2. The second kappa shape index (κ2) is 10.7. The number of nitro benzene ring substituents is 1. The van der Waals surface area contributed by atoms with E-state index in [-0.39, 0.29) is 22.8 Å². The number of ether oxygens (including phenoxy) is 2. The topological polar surface area (TPSA) is 121 Å². The number of para-hydroxylation sites is 1. The van der Waals surface area contributed by atoms with Crippen molar-refractivity contribution < 1.29 is 24.0 Å². The summed E-state index contributed by atoms with van der Waals surface area (Å²) in [6.07, 6.45) is -0.113. The van der Waals surface area contributed by atoms with Gasteiger partial charge in [-0.3, -0.25) is 19.7 Å². The normalized spacial score (nSPS) is 10.4. The molecule has 1 heterocycles. The maximum atomic E-state index is 12.1. The molecule has 3 rings (SSSR count). The number of halogens is 1. The molecule has 1 amide bonds. The minimum absolute atomic E-state index is 0.0547. The van der Waals surface area contributed by atoms with Gasteiger partial charge >= 0.3 is 5.97 Å². The molecule has 0 unspecified atom stereocenters. The highest BCUT2D eigenvalue weighted by molar-refractivity contribution is 7.13. The summed E-state index contributed by atoms with van der Waals surface area (Å²) < 4.78 is 10.6. The first-order valence-corrected chi connectivity index (χ1v) is 10.7. The number of nitro groups is 1. The van der Waals surface area contributed by atoms with Crippen LogP contribution in [0.15, 0.2) is 47.8 Å². The number of hydrogen-bond acceptors (Lipinski definition) is 8.